The highest BCUT2D eigenvalue weighted by atomic mass is 35.5. The highest BCUT2D eigenvalue weighted by Gasteiger charge is 2.26. The molecular weight excluding hydrogens is 512 g/mol. The normalized spacial score (nSPS) is 13.9. The Hall–Kier alpha value is -2.83. The molecule has 0 atom stereocenters. The summed E-state index contributed by atoms with van der Waals surface area (Å²) in [5.41, 5.74) is 1.85. The molecule has 0 bridgehead atoms. The quantitative estimate of drug-likeness (QED) is 0.483. The summed E-state index contributed by atoms with van der Waals surface area (Å²) in [6.07, 6.45) is 0.750. The number of amides is 2. The van der Waals surface area contributed by atoms with Crippen LogP contribution in [0, 0.1) is 0 Å². The number of ether oxygens (including phenoxy) is 1. The third kappa shape index (κ3) is 7.33. The van der Waals surface area contributed by atoms with Crippen LogP contribution in [0.4, 0.5) is 5.13 Å². The molecule has 4 rings (SSSR count). The number of nitrogens with zero attached hydrogens (tertiary/aromatic N) is 3. The van der Waals surface area contributed by atoms with Crippen molar-refractivity contribution in [2.45, 2.75) is 4.90 Å². The number of thiazole rings is 1. The van der Waals surface area contributed by atoms with E-state index in [1.54, 1.807) is 68.0 Å². The van der Waals surface area contributed by atoms with E-state index < -0.39 is 10.0 Å². The van der Waals surface area contributed by atoms with E-state index in [1.165, 1.54) is 20.5 Å². The van der Waals surface area contributed by atoms with Gasteiger partial charge in [-0.05, 0) is 30.3 Å². The molecule has 35 heavy (non-hydrogen) atoms. The number of hydrogen-bond acceptors (Lipinski definition) is 7. The minimum absolute atomic E-state index is 0.234. The molecule has 186 valence electrons. The maximum Gasteiger partial charge on any atom is 0.257 e. The van der Waals surface area contributed by atoms with Crippen molar-refractivity contribution in [1.29, 1.82) is 0 Å². The zero-order valence-electron chi connectivity index (χ0n) is 19.2. The summed E-state index contributed by atoms with van der Waals surface area (Å²) in [5.74, 6) is -0.301. The number of anilines is 1. The number of rotatable bonds is 6. The van der Waals surface area contributed by atoms with Gasteiger partial charge >= 0.3 is 0 Å². The van der Waals surface area contributed by atoms with Gasteiger partial charge in [0.1, 0.15) is 0 Å². The SMILES string of the molecule is CN(C)C=O.O=C(Nc1nc(-c2ccc(S(=O)(=O)N3CCOCC3)cc2)cs1)c1cccc(Cl)c1. The average molecular weight is 537 g/mol. The van der Waals surface area contributed by atoms with Crippen molar-refractivity contribution >= 4 is 50.4 Å². The van der Waals surface area contributed by atoms with Crippen molar-refractivity contribution in [2.75, 3.05) is 45.7 Å². The van der Waals surface area contributed by atoms with Gasteiger partial charge in [0, 0.05) is 48.7 Å². The number of morpholine rings is 1. The smallest absolute Gasteiger partial charge is 0.257 e. The van der Waals surface area contributed by atoms with Crippen molar-refractivity contribution < 1.29 is 22.7 Å². The van der Waals surface area contributed by atoms with E-state index in [0.29, 0.717) is 47.7 Å². The highest BCUT2D eigenvalue weighted by molar-refractivity contribution is 7.89. The second-order valence-corrected chi connectivity index (χ2v) is 10.8. The third-order valence-electron chi connectivity index (χ3n) is 4.78. The number of carbonyl (C=O) groups excluding carboxylic acids is 2. The molecule has 1 N–H and O–H groups in total. The number of aromatic nitrogens is 1. The van der Waals surface area contributed by atoms with E-state index in [0.717, 1.165) is 12.0 Å². The summed E-state index contributed by atoms with van der Waals surface area (Å²) in [7, 11) is -0.163. The molecule has 12 heteroatoms. The van der Waals surface area contributed by atoms with E-state index in [-0.39, 0.29) is 10.8 Å². The Balaban J connectivity index is 0.000000623. The molecule has 0 unspecified atom stereocenters. The fourth-order valence-corrected chi connectivity index (χ4v) is 5.31. The molecule has 1 saturated heterocycles. The van der Waals surface area contributed by atoms with Gasteiger partial charge in [0.15, 0.2) is 5.13 Å². The van der Waals surface area contributed by atoms with Crippen molar-refractivity contribution in [3.63, 3.8) is 0 Å². The molecule has 0 radical (unpaired) electrons. The number of hydrogen-bond donors (Lipinski definition) is 1. The molecule has 3 aromatic rings. The Morgan fingerprint density at radius 1 is 1.17 bits per heavy atom. The molecule has 2 aromatic carbocycles. The Morgan fingerprint density at radius 3 is 2.43 bits per heavy atom. The molecule has 2 amide bonds. The number of carbonyl (C=O) groups is 2. The first kappa shape index (κ1) is 26.8. The first-order valence-electron chi connectivity index (χ1n) is 10.5. The first-order chi connectivity index (χ1) is 16.7. The van der Waals surface area contributed by atoms with Crippen LogP contribution in [0.25, 0.3) is 11.3 Å². The second-order valence-electron chi connectivity index (χ2n) is 7.61. The topological polar surface area (TPSA) is 109 Å². The zero-order valence-corrected chi connectivity index (χ0v) is 21.6. The van der Waals surface area contributed by atoms with Gasteiger partial charge < -0.3 is 9.64 Å². The highest BCUT2D eigenvalue weighted by Crippen LogP contribution is 2.27. The van der Waals surface area contributed by atoms with Gasteiger partial charge in [-0.15, -0.1) is 11.3 Å². The minimum Gasteiger partial charge on any atom is -0.379 e. The molecule has 1 aliphatic rings. The van der Waals surface area contributed by atoms with E-state index >= 15 is 0 Å². The van der Waals surface area contributed by atoms with Crippen molar-refractivity contribution in [3.8, 4) is 11.3 Å². The monoisotopic (exact) mass is 536 g/mol. The Bertz CT molecular complexity index is 1260. The molecule has 0 spiro atoms. The number of sulfonamides is 1. The van der Waals surface area contributed by atoms with Crippen LogP contribution in [0.2, 0.25) is 5.02 Å². The van der Waals surface area contributed by atoms with Crippen molar-refractivity contribution in [3.05, 3.63) is 64.5 Å². The van der Waals surface area contributed by atoms with E-state index in [1.807, 2.05) is 0 Å². The lowest BCUT2D eigenvalue weighted by molar-refractivity contribution is -0.115. The fraction of sp³-hybridized carbons (Fsp3) is 0.261. The van der Waals surface area contributed by atoms with E-state index in [4.69, 9.17) is 16.3 Å². The minimum atomic E-state index is -3.54. The van der Waals surface area contributed by atoms with Gasteiger partial charge in [0.05, 0.1) is 23.8 Å². The molecule has 2 heterocycles. The van der Waals surface area contributed by atoms with Crippen LogP contribution in [0.5, 0.6) is 0 Å². The summed E-state index contributed by atoms with van der Waals surface area (Å²) in [4.78, 5) is 27.9. The van der Waals surface area contributed by atoms with Crippen LogP contribution in [0.15, 0.2) is 58.8 Å². The van der Waals surface area contributed by atoms with Gasteiger partial charge in [-0.1, -0.05) is 29.8 Å². The molecule has 1 aromatic heterocycles. The first-order valence-corrected chi connectivity index (χ1v) is 13.2. The average Bonchev–Trinajstić information content (AvgIpc) is 3.33. The molecule has 1 fully saturated rings. The maximum absolute atomic E-state index is 12.7. The second kappa shape index (κ2) is 12.2. The molecule has 0 aliphatic carbocycles. The summed E-state index contributed by atoms with van der Waals surface area (Å²) in [6, 6.07) is 13.2. The Kier molecular flexibility index (Phi) is 9.35. The van der Waals surface area contributed by atoms with E-state index in [9.17, 15) is 18.0 Å². The van der Waals surface area contributed by atoms with E-state index in [2.05, 4.69) is 10.3 Å². The van der Waals surface area contributed by atoms with Crippen LogP contribution in [-0.4, -0.2) is 75.3 Å². The van der Waals surface area contributed by atoms with Gasteiger partial charge in [-0.2, -0.15) is 4.31 Å². The van der Waals surface area contributed by atoms with Gasteiger partial charge in [0.2, 0.25) is 16.4 Å². The molecule has 0 saturated carbocycles. The Morgan fingerprint density at radius 2 is 1.83 bits per heavy atom. The molecular formula is C23H25ClN4O5S2. The lowest BCUT2D eigenvalue weighted by atomic mass is 10.2. The van der Waals surface area contributed by atoms with Crippen LogP contribution in [0.1, 0.15) is 10.4 Å². The zero-order chi connectivity index (χ0) is 25.4. The predicted molar refractivity (Wildman–Crippen MR) is 136 cm³/mol. The lowest BCUT2D eigenvalue weighted by Gasteiger charge is -2.26. The van der Waals surface area contributed by atoms with Crippen LogP contribution < -0.4 is 5.32 Å². The number of halogens is 1. The van der Waals surface area contributed by atoms with Crippen LogP contribution in [-0.2, 0) is 19.6 Å². The summed E-state index contributed by atoms with van der Waals surface area (Å²) in [5, 5.41) is 5.48. The molecule has 1 aliphatic heterocycles. The maximum atomic E-state index is 12.7. The van der Waals surface area contributed by atoms with Crippen molar-refractivity contribution in [2.24, 2.45) is 0 Å². The lowest BCUT2D eigenvalue weighted by Crippen LogP contribution is -2.40. The Labute approximate surface area is 213 Å². The van der Waals surface area contributed by atoms with Crippen LogP contribution in [0.3, 0.4) is 0 Å². The van der Waals surface area contributed by atoms with Gasteiger partial charge in [0.25, 0.3) is 5.91 Å². The standard InChI is InChI=1S/C20H18ClN3O4S2.C3H7NO/c21-16-3-1-2-15(12-16)19(25)23-20-22-18(13-29-20)14-4-6-17(7-5-14)30(26,27)24-8-10-28-11-9-24;1-4(2)3-5/h1-7,12-13H,8-11H2,(H,22,23,25);3H,1-2H3. The number of benzene rings is 2. The largest absolute Gasteiger partial charge is 0.379 e. The third-order valence-corrected chi connectivity index (χ3v) is 7.69. The summed E-state index contributed by atoms with van der Waals surface area (Å²) < 4.78 is 32.1. The predicted octanol–water partition coefficient (Wildman–Crippen LogP) is 3.44. The molecule has 9 nitrogen and oxygen atoms in total. The fourth-order valence-electron chi connectivity index (χ4n) is 3.00. The number of nitrogens with one attached hydrogen (secondary N) is 1. The van der Waals surface area contributed by atoms with Crippen LogP contribution >= 0.6 is 22.9 Å². The van der Waals surface area contributed by atoms with Crippen molar-refractivity contribution in [1.82, 2.24) is 14.2 Å². The van der Waals surface area contributed by atoms with Gasteiger partial charge in [-0.25, -0.2) is 13.4 Å². The summed E-state index contributed by atoms with van der Waals surface area (Å²) in [6.45, 7) is 1.51. The summed E-state index contributed by atoms with van der Waals surface area (Å²) >= 11 is 7.21. The van der Waals surface area contributed by atoms with Gasteiger partial charge in [-0.3, -0.25) is 14.9 Å².